The maximum atomic E-state index is 11.1. The van der Waals surface area contributed by atoms with E-state index in [1.807, 2.05) is 13.8 Å². The minimum absolute atomic E-state index is 0.360. The molecular formula is C15H30O3. The Kier molecular flexibility index (Phi) is 10.9. The lowest BCUT2D eigenvalue weighted by molar-refractivity contribution is 0.0465. The molecule has 18 heavy (non-hydrogen) atoms. The Balaban J connectivity index is 3.17. The lowest BCUT2D eigenvalue weighted by Gasteiger charge is -2.08. The highest BCUT2D eigenvalue weighted by molar-refractivity contribution is 5.59. The largest absolute Gasteiger partial charge is 0.508 e. The van der Waals surface area contributed by atoms with Crippen molar-refractivity contribution in [2.45, 2.75) is 66.2 Å². The van der Waals surface area contributed by atoms with Crippen LogP contribution in [0.15, 0.2) is 0 Å². The molecule has 0 radical (unpaired) electrons. The van der Waals surface area contributed by atoms with Gasteiger partial charge in [0, 0.05) is 0 Å². The van der Waals surface area contributed by atoms with Gasteiger partial charge in [0.05, 0.1) is 13.2 Å². The van der Waals surface area contributed by atoms with Gasteiger partial charge in [-0.05, 0) is 18.3 Å². The predicted octanol–water partition coefficient (Wildman–Crippen LogP) is 4.79. The molecule has 0 saturated carbocycles. The third-order valence-electron chi connectivity index (χ3n) is 2.68. The molecule has 0 saturated heterocycles. The first kappa shape index (κ1) is 17.3. The molecule has 0 rings (SSSR count). The molecule has 0 aromatic carbocycles. The Hall–Kier alpha value is -0.730. The smallest absolute Gasteiger partial charge is 0.434 e. The Morgan fingerprint density at radius 2 is 1.44 bits per heavy atom. The summed E-state index contributed by atoms with van der Waals surface area (Å²) in [5.41, 5.74) is 0. The first-order valence-electron chi connectivity index (χ1n) is 7.32. The van der Waals surface area contributed by atoms with Crippen LogP contribution in [0.5, 0.6) is 0 Å². The molecule has 0 N–H and O–H groups in total. The van der Waals surface area contributed by atoms with E-state index in [4.69, 9.17) is 9.47 Å². The summed E-state index contributed by atoms with van der Waals surface area (Å²) < 4.78 is 9.89. The summed E-state index contributed by atoms with van der Waals surface area (Å²) in [4.78, 5) is 11.1. The molecule has 0 unspecified atom stereocenters. The average Bonchev–Trinajstić information content (AvgIpc) is 2.29. The number of hydrogen-bond donors (Lipinski definition) is 0. The summed E-state index contributed by atoms with van der Waals surface area (Å²) in [5, 5.41) is 0. The first-order valence-corrected chi connectivity index (χ1v) is 7.32. The van der Waals surface area contributed by atoms with E-state index in [1.54, 1.807) is 0 Å². The van der Waals surface area contributed by atoms with Gasteiger partial charge < -0.3 is 9.47 Å². The molecular weight excluding hydrogens is 228 g/mol. The van der Waals surface area contributed by atoms with E-state index in [-0.39, 0.29) is 0 Å². The van der Waals surface area contributed by atoms with Crippen molar-refractivity contribution in [1.29, 1.82) is 0 Å². The highest BCUT2D eigenvalue weighted by Gasteiger charge is 2.04. The lowest BCUT2D eigenvalue weighted by Crippen LogP contribution is -2.12. The molecule has 0 bridgehead atoms. The van der Waals surface area contributed by atoms with Crippen LogP contribution in [0.2, 0.25) is 0 Å². The Morgan fingerprint density at radius 1 is 0.833 bits per heavy atom. The highest BCUT2D eigenvalue weighted by Crippen LogP contribution is 2.10. The van der Waals surface area contributed by atoms with E-state index < -0.39 is 6.16 Å². The van der Waals surface area contributed by atoms with E-state index in [0.29, 0.717) is 19.1 Å². The number of ether oxygens (including phenoxy) is 2. The van der Waals surface area contributed by atoms with Crippen LogP contribution in [0.25, 0.3) is 0 Å². The van der Waals surface area contributed by atoms with Crippen molar-refractivity contribution in [1.82, 2.24) is 0 Å². The zero-order valence-corrected chi connectivity index (χ0v) is 12.5. The van der Waals surface area contributed by atoms with Crippen molar-refractivity contribution >= 4 is 6.16 Å². The second-order valence-electron chi connectivity index (χ2n) is 5.75. The van der Waals surface area contributed by atoms with Gasteiger partial charge in [0.1, 0.15) is 0 Å². The third kappa shape index (κ3) is 13.3. The summed E-state index contributed by atoms with van der Waals surface area (Å²) >= 11 is 0. The second-order valence-corrected chi connectivity index (χ2v) is 5.75. The third-order valence-corrected chi connectivity index (χ3v) is 2.68. The minimum Gasteiger partial charge on any atom is -0.434 e. The van der Waals surface area contributed by atoms with Crippen LogP contribution in [0, 0.1) is 11.8 Å². The fraction of sp³-hybridized carbons (Fsp3) is 0.933. The molecule has 0 heterocycles. The monoisotopic (exact) mass is 258 g/mol. The molecule has 0 fully saturated rings. The Morgan fingerprint density at radius 3 is 2.06 bits per heavy atom. The lowest BCUT2D eigenvalue weighted by atomic mass is 10.0. The molecule has 0 amide bonds. The van der Waals surface area contributed by atoms with E-state index >= 15 is 0 Å². The van der Waals surface area contributed by atoms with Crippen molar-refractivity contribution in [3.63, 3.8) is 0 Å². The number of rotatable bonds is 10. The van der Waals surface area contributed by atoms with Gasteiger partial charge in [0.25, 0.3) is 0 Å². The highest BCUT2D eigenvalue weighted by atomic mass is 16.7. The SMILES string of the molecule is CC(C)CCCCCCCOC(=O)OCC(C)C. The molecule has 0 aliphatic heterocycles. The Bertz CT molecular complexity index is 200. The summed E-state index contributed by atoms with van der Waals surface area (Å²) in [6.07, 6.45) is 6.71. The van der Waals surface area contributed by atoms with Crippen LogP contribution in [0.4, 0.5) is 4.79 Å². The summed E-state index contributed by atoms with van der Waals surface area (Å²) in [5.74, 6) is 1.17. The number of unbranched alkanes of at least 4 members (excludes halogenated alkanes) is 4. The van der Waals surface area contributed by atoms with E-state index in [0.717, 1.165) is 18.8 Å². The summed E-state index contributed by atoms with van der Waals surface area (Å²) in [6, 6.07) is 0. The summed E-state index contributed by atoms with van der Waals surface area (Å²) in [6.45, 7) is 9.46. The van der Waals surface area contributed by atoms with Crippen LogP contribution in [-0.2, 0) is 9.47 Å². The van der Waals surface area contributed by atoms with Crippen LogP contribution in [0.3, 0.4) is 0 Å². The van der Waals surface area contributed by atoms with Gasteiger partial charge in [0.2, 0.25) is 0 Å². The van der Waals surface area contributed by atoms with E-state index in [1.165, 1.54) is 25.7 Å². The maximum Gasteiger partial charge on any atom is 0.508 e. The molecule has 0 aromatic rings. The summed E-state index contributed by atoms with van der Waals surface area (Å²) in [7, 11) is 0. The van der Waals surface area contributed by atoms with Crippen LogP contribution in [0.1, 0.15) is 66.2 Å². The molecule has 0 atom stereocenters. The van der Waals surface area contributed by atoms with E-state index in [9.17, 15) is 4.79 Å². The zero-order chi connectivity index (χ0) is 13.8. The molecule has 0 aromatic heterocycles. The maximum absolute atomic E-state index is 11.1. The second kappa shape index (κ2) is 11.4. The quantitative estimate of drug-likeness (QED) is 0.417. The van der Waals surface area contributed by atoms with Crippen molar-refractivity contribution < 1.29 is 14.3 Å². The molecule has 0 aliphatic rings. The number of hydrogen-bond acceptors (Lipinski definition) is 3. The van der Waals surface area contributed by atoms with E-state index in [2.05, 4.69) is 13.8 Å². The van der Waals surface area contributed by atoms with Gasteiger partial charge in [-0.15, -0.1) is 0 Å². The first-order chi connectivity index (χ1) is 8.52. The van der Waals surface area contributed by atoms with Crippen molar-refractivity contribution in [2.24, 2.45) is 11.8 Å². The van der Waals surface area contributed by atoms with Gasteiger partial charge in [-0.25, -0.2) is 4.79 Å². The van der Waals surface area contributed by atoms with Gasteiger partial charge in [0.15, 0.2) is 0 Å². The van der Waals surface area contributed by atoms with Crippen LogP contribution >= 0.6 is 0 Å². The van der Waals surface area contributed by atoms with Crippen molar-refractivity contribution in [3.8, 4) is 0 Å². The van der Waals surface area contributed by atoms with Crippen LogP contribution in [-0.4, -0.2) is 19.4 Å². The van der Waals surface area contributed by atoms with Crippen molar-refractivity contribution in [2.75, 3.05) is 13.2 Å². The van der Waals surface area contributed by atoms with Gasteiger partial charge in [-0.2, -0.15) is 0 Å². The molecule has 0 aliphatic carbocycles. The molecule has 0 spiro atoms. The number of carbonyl (C=O) groups excluding carboxylic acids is 1. The predicted molar refractivity (Wildman–Crippen MR) is 74.7 cm³/mol. The van der Waals surface area contributed by atoms with Gasteiger partial charge in [-0.3, -0.25) is 0 Å². The van der Waals surface area contributed by atoms with Crippen LogP contribution < -0.4 is 0 Å². The Labute approximate surface area is 112 Å². The normalized spacial score (nSPS) is 11.0. The van der Waals surface area contributed by atoms with Gasteiger partial charge in [-0.1, -0.05) is 59.8 Å². The average molecular weight is 258 g/mol. The number of carbonyl (C=O) groups is 1. The van der Waals surface area contributed by atoms with Gasteiger partial charge >= 0.3 is 6.16 Å². The standard InChI is InChI=1S/C15H30O3/c1-13(2)10-8-6-5-7-9-11-17-15(16)18-12-14(3)4/h13-14H,5-12H2,1-4H3. The van der Waals surface area contributed by atoms with Crippen molar-refractivity contribution in [3.05, 3.63) is 0 Å². The fourth-order valence-electron chi connectivity index (χ4n) is 1.62. The fourth-order valence-corrected chi connectivity index (χ4v) is 1.62. The minimum atomic E-state index is -0.525. The molecule has 108 valence electrons. The topological polar surface area (TPSA) is 35.5 Å². The molecule has 3 heteroatoms. The zero-order valence-electron chi connectivity index (χ0n) is 12.5. The molecule has 3 nitrogen and oxygen atoms in total.